The molecule has 1 fully saturated rings. The SMILES string of the molecule is CC1(C)CC1(CNC(=O)c1cc(=O)[nH]c(=O)[nH]1)c1ccccc1. The molecule has 120 valence electrons. The van der Waals surface area contributed by atoms with Crippen LogP contribution >= 0.6 is 0 Å². The summed E-state index contributed by atoms with van der Waals surface area (Å²) < 4.78 is 0. The summed E-state index contributed by atoms with van der Waals surface area (Å²) in [5.74, 6) is -0.453. The Balaban J connectivity index is 1.80. The number of rotatable bonds is 4. The number of amides is 1. The first-order chi connectivity index (χ1) is 10.8. The molecule has 3 rings (SSSR count). The molecule has 2 aromatic rings. The average molecular weight is 313 g/mol. The van der Waals surface area contributed by atoms with E-state index in [2.05, 4.69) is 36.3 Å². The summed E-state index contributed by atoms with van der Waals surface area (Å²) >= 11 is 0. The van der Waals surface area contributed by atoms with Gasteiger partial charge in [0.15, 0.2) is 0 Å². The Labute approximate surface area is 133 Å². The van der Waals surface area contributed by atoms with Gasteiger partial charge < -0.3 is 10.3 Å². The van der Waals surface area contributed by atoms with Crippen molar-refractivity contribution in [3.63, 3.8) is 0 Å². The Morgan fingerprint density at radius 3 is 2.39 bits per heavy atom. The van der Waals surface area contributed by atoms with E-state index >= 15 is 0 Å². The van der Waals surface area contributed by atoms with E-state index < -0.39 is 17.2 Å². The zero-order chi connectivity index (χ0) is 16.7. The van der Waals surface area contributed by atoms with Crippen molar-refractivity contribution in [2.24, 2.45) is 5.41 Å². The number of hydrogen-bond donors (Lipinski definition) is 3. The second-order valence-corrected chi connectivity index (χ2v) is 6.69. The lowest BCUT2D eigenvalue weighted by atomic mass is 9.88. The summed E-state index contributed by atoms with van der Waals surface area (Å²) in [6.07, 6.45) is 0.968. The minimum absolute atomic E-state index is 0.0274. The largest absolute Gasteiger partial charge is 0.350 e. The topological polar surface area (TPSA) is 94.8 Å². The van der Waals surface area contributed by atoms with Crippen LogP contribution in [0.25, 0.3) is 0 Å². The maximum atomic E-state index is 12.2. The van der Waals surface area contributed by atoms with Gasteiger partial charge in [-0.15, -0.1) is 0 Å². The van der Waals surface area contributed by atoms with Gasteiger partial charge in [0.05, 0.1) is 0 Å². The van der Waals surface area contributed by atoms with Gasteiger partial charge in [-0.05, 0) is 17.4 Å². The molecule has 1 aromatic carbocycles. The molecule has 6 heteroatoms. The second kappa shape index (κ2) is 5.22. The first-order valence-corrected chi connectivity index (χ1v) is 7.51. The van der Waals surface area contributed by atoms with Crippen LogP contribution in [0.5, 0.6) is 0 Å². The minimum atomic E-state index is -0.688. The molecule has 1 atom stereocenters. The van der Waals surface area contributed by atoms with E-state index in [0.29, 0.717) is 6.54 Å². The summed E-state index contributed by atoms with van der Waals surface area (Å²) in [6.45, 7) is 4.79. The molecule has 0 aliphatic heterocycles. The summed E-state index contributed by atoms with van der Waals surface area (Å²) in [7, 11) is 0. The van der Waals surface area contributed by atoms with Gasteiger partial charge in [-0.3, -0.25) is 14.6 Å². The van der Waals surface area contributed by atoms with Crippen LogP contribution in [0, 0.1) is 5.41 Å². The zero-order valence-corrected chi connectivity index (χ0v) is 13.1. The predicted molar refractivity (Wildman–Crippen MR) is 86.5 cm³/mol. The molecule has 3 N–H and O–H groups in total. The van der Waals surface area contributed by atoms with Crippen LogP contribution in [-0.4, -0.2) is 22.4 Å². The number of carbonyl (C=O) groups is 1. The highest BCUT2D eigenvalue weighted by Gasteiger charge is 2.61. The molecular weight excluding hydrogens is 294 g/mol. The highest BCUT2D eigenvalue weighted by molar-refractivity contribution is 5.92. The first-order valence-electron chi connectivity index (χ1n) is 7.51. The number of H-pyrrole nitrogens is 2. The third-order valence-electron chi connectivity index (χ3n) is 4.80. The lowest BCUT2D eigenvalue weighted by Gasteiger charge is -2.21. The van der Waals surface area contributed by atoms with Gasteiger partial charge in [-0.1, -0.05) is 44.2 Å². The molecule has 1 unspecified atom stereocenters. The number of aromatic amines is 2. The predicted octanol–water partition coefficient (Wildman–Crippen LogP) is 1.16. The van der Waals surface area contributed by atoms with E-state index in [1.54, 1.807) is 0 Å². The summed E-state index contributed by atoms with van der Waals surface area (Å²) in [5, 5.41) is 2.85. The quantitative estimate of drug-likeness (QED) is 0.790. The smallest absolute Gasteiger partial charge is 0.326 e. The molecule has 0 bridgehead atoms. The summed E-state index contributed by atoms with van der Waals surface area (Å²) in [4.78, 5) is 39.2. The monoisotopic (exact) mass is 313 g/mol. The third-order valence-corrected chi connectivity index (χ3v) is 4.80. The Hall–Kier alpha value is -2.63. The molecule has 1 saturated carbocycles. The van der Waals surface area contributed by atoms with E-state index in [1.807, 2.05) is 23.2 Å². The lowest BCUT2D eigenvalue weighted by Crippen LogP contribution is -2.37. The van der Waals surface area contributed by atoms with Crippen LogP contribution in [0.2, 0.25) is 0 Å². The van der Waals surface area contributed by atoms with Crippen LogP contribution in [0.3, 0.4) is 0 Å². The fraction of sp³-hybridized carbons (Fsp3) is 0.353. The van der Waals surface area contributed by atoms with E-state index in [9.17, 15) is 14.4 Å². The number of benzene rings is 1. The third kappa shape index (κ3) is 2.72. The Morgan fingerprint density at radius 1 is 1.17 bits per heavy atom. The van der Waals surface area contributed by atoms with E-state index in [1.165, 1.54) is 5.56 Å². The molecule has 0 radical (unpaired) electrons. The number of aromatic nitrogens is 2. The van der Waals surface area contributed by atoms with Gasteiger partial charge in [0.2, 0.25) is 0 Å². The lowest BCUT2D eigenvalue weighted by molar-refractivity contribution is 0.0942. The van der Waals surface area contributed by atoms with Crippen molar-refractivity contribution in [1.29, 1.82) is 0 Å². The van der Waals surface area contributed by atoms with Crippen LogP contribution in [0.1, 0.15) is 36.3 Å². The average Bonchev–Trinajstić information content (AvgIpc) is 3.07. The number of nitrogens with one attached hydrogen (secondary N) is 3. The molecule has 1 heterocycles. The fourth-order valence-corrected chi connectivity index (χ4v) is 3.28. The Bertz CT molecular complexity index is 823. The maximum absolute atomic E-state index is 12.2. The van der Waals surface area contributed by atoms with Crippen molar-refractivity contribution in [3.05, 3.63) is 68.5 Å². The summed E-state index contributed by atoms with van der Waals surface area (Å²) in [6, 6.07) is 11.2. The van der Waals surface area contributed by atoms with E-state index in [-0.39, 0.29) is 16.5 Å². The van der Waals surface area contributed by atoms with Crippen molar-refractivity contribution in [3.8, 4) is 0 Å². The molecule has 23 heavy (non-hydrogen) atoms. The van der Waals surface area contributed by atoms with Crippen molar-refractivity contribution < 1.29 is 4.79 Å². The van der Waals surface area contributed by atoms with Crippen molar-refractivity contribution in [1.82, 2.24) is 15.3 Å². The zero-order valence-electron chi connectivity index (χ0n) is 13.1. The minimum Gasteiger partial charge on any atom is -0.350 e. The van der Waals surface area contributed by atoms with Gasteiger partial charge in [-0.2, -0.15) is 0 Å². The van der Waals surface area contributed by atoms with Crippen LogP contribution < -0.4 is 16.6 Å². The van der Waals surface area contributed by atoms with Crippen molar-refractivity contribution >= 4 is 5.91 Å². The fourth-order valence-electron chi connectivity index (χ4n) is 3.28. The molecule has 1 amide bonds. The molecular formula is C17H19N3O3. The highest BCUT2D eigenvalue weighted by Crippen LogP contribution is 2.63. The van der Waals surface area contributed by atoms with E-state index in [0.717, 1.165) is 12.5 Å². The van der Waals surface area contributed by atoms with Crippen LogP contribution in [0.15, 0.2) is 46.0 Å². The van der Waals surface area contributed by atoms with Gasteiger partial charge in [0.1, 0.15) is 5.69 Å². The van der Waals surface area contributed by atoms with Gasteiger partial charge in [0, 0.05) is 18.0 Å². The normalized spacial score (nSPS) is 21.7. The number of carbonyl (C=O) groups excluding carboxylic acids is 1. The van der Waals surface area contributed by atoms with Crippen LogP contribution in [-0.2, 0) is 5.41 Å². The van der Waals surface area contributed by atoms with E-state index in [4.69, 9.17) is 0 Å². The highest BCUT2D eigenvalue weighted by atomic mass is 16.2. The standard InChI is InChI=1S/C17H19N3O3/c1-16(2)9-17(16,11-6-4-3-5-7-11)10-18-14(22)12-8-13(21)20-15(23)19-12/h3-8H,9-10H2,1-2H3,(H,18,22)(H2,19,20,21,23). The van der Waals surface area contributed by atoms with Gasteiger partial charge >= 0.3 is 5.69 Å². The van der Waals surface area contributed by atoms with Crippen molar-refractivity contribution in [2.45, 2.75) is 25.7 Å². The van der Waals surface area contributed by atoms with Crippen molar-refractivity contribution in [2.75, 3.05) is 6.54 Å². The first kappa shape index (κ1) is 15.3. The molecule has 0 spiro atoms. The van der Waals surface area contributed by atoms with Gasteiger partial charge in [0.25, 0.3) is 11.5 Å². The second-order valence-electron chi connectivity index (χ2n) is 6.69. The molecule has 6 nitrogen and oxygen atoms in total. The van der Waals surface area contributed by atoms with Crippen LogP contribution in [0.4, 0.5) is 0 Å². The Morgan fingerprint density at radius 2 is 1.83 bits per heavy atom. The van der Waals surface area contributed by atoms with Gasteiger partial charge in [-0.25, -0.2) is 4.79 Å². The molecule has 1 aromatic heterocycles. The number of hydrogen-bond acceptors (Lipinski definition) is 3. The molecule has 1 aliphatic rings. The Kier molecular flexibility index (Phi) is 3.47. The summed E-state index contributed by atoms with van der Waals surface area (Å²) in [5.41, 5.74) is -0.157. The molecule has 0 saturated heterocycles. The maximum Gasteiger partial charge on any atom is 0.326 e. The molecule has 1 aliphatic carbocycles.